The third-order valence-corrected chi connectivity index (χ3v) is 1.61. The summed E-state index contributed by atoms with van der Waals surface area (Å²) in [6.07, 6.45) is 3.37. The summed E-state index contributed by atoms with van der Waals surface area (Å²) < 4.78 is 0. The first-order valence-corrected chi connectivity index (χ1v) is 3.84. The second-order valence-electron chi connectivity index (χ2n) is 2.58. The highest BCUT2D eigenvalue weighted by Crippen LogP contribution is 2.17. The number of allylic oxidation sites excluding steroid dienone is 1. The van der Waals surface area contributed by atoms with E-state index in [1.165, 1.54) is 18.2 Å². The van der Waals surface area contributed by atoms with Gasteiger partial charge in [-0.15, -0.1) is 0 Å². The quantitative estimate of drug-likeness (QED) is 0.729. The molecule has 0 bridgehead atoms. The number of hydrogen-bond acceptors (Lipinski definition) is 2. The molecule has 0 aliphatic rings. The van der Waals surface area contributed by atoms with Crippen LogP contribution < -0.4 is 0 Å². The Morgan fingerprint density at radius 2 is 2.15 bits per heavy atom. The van der Waals surface area contributed by atoms with Gasteiger partial charge in [0.05, 0.1) is 5.56 Å². The van der Waals surface area contributed by atoms with E-state index in [9.17, 15) is 4.79 Å². The van der Waals surface area contributed by atoms with Crippen molar-refractivity contribution in [3.05, 3.63) is 35.4 Å². The van der Waals surface area contributed by atoms with Gasteiger partial charge in [-0.05, 0) is 30.7 Å². The van der Waals surface area contributed by atoms with Crippen molar-refractivity contribution in [2.45, 2.75) is 6.92 Å². The minimum Gasteiger partial charge on any atom is -0.508 e. The average molecular weight is 178 g/mol. The molecule has 0 aromatic heterocycles. The van der Waals surface area contributed by atoms with Crippen molar-refractivity contribution in [3.8, 4) is 5.75 Å². The summed E-state index contributed by atoms with van der Waals surface area (Å²) in [5.74, 6) is -0.925. The van der Waals surface area contributed by atoms with Crippen molar-refractivity contribution in [1.29, 1.82) is 0 Å². The minimum atomic E-state index is -0.992. The summed E-state index contributed by atoms with van der Waals surface area (Å²) in [6, 6.07) is 4.16. The minimum absolute atomic E-state index is 0.0677. The van der Waals surface area contributed by atoms with Gasteiger partial charge in [0.2, 0.25) is 0 Å². The van der Waals surface area contributed by atoms with E-state index in [1.54, 1.807) is 19.1 Å². The first-order valence-electron chi connectivity index (χ1n) is 3.84. The van der Waals surface area contributed by atoms with E-state index in [2.05, 4.69) is 0 Å². The predicted molar refractivity (Wildman–Crippen MR) is 49.8 cm³/mol. The third-order valence-electron chi connectivity index (χ3n) is 1.61. The van der Waals surface area contributed by atoms with Gasteiger partial charge >= 0.3 is 5.97 Å². The Labute approximate surface area is 76.0 Å². The highest BCUT2D eigenvalue weighted by molar-refractivity contribution is 5.92. The van der Waals surface area contributed by atoms with Crippen LogP contribution in [-0.2, 0) is 0 Å². The van der Waals surface area contributed by atoms with Crippen molar-refractivity contribution >= 4 is 12.0 Å². The first-order chi connectivity index (χ1) is 6.15. The zero-order chi connectivity index (χ0) is 9.84. The molecule has 0 radical (unpaired) electrons. The maximum Gasteiger partial charge on any atom is 0.336 e. The Balaban J connectivity index is 3.26. The van der Waals surface area contributed by atoms with Crippen molar-refractivity contribution in [2.24, 2.45) is 0 Å². The number of carboxylic acids is 1. The van der Waals surface area contributed by atoms with Crippen LogP contribution in [0.2, 0.25) is 0 Å². The van der Waals surface area contributed by atoms with Crippen LogP contribution in [0, 0.1) is 0 Å². The van der Waals surface area contributed by atoms with E-state index in [4.69, 9.17) is 10.2 Å². The number of hydrogen-bond donors (Lipinski definition) is 2. The highest BCUT2D eigenvalue weighted by atomic mass is 16.4. The molecule has 1 rings (SSSR count). The monoisotopic (exact) mass is 178 g/mol. The van der Waals surface area contributed by atoms with E-state index < -0.39 is 5.97 Å². The molecule has 1 aromatic rings. The number of phenolic OH excluding ortho intramolecular Hbond substituents is 1. The Bertz CT molecular complexity index is 353. The van der Waals surface area contributed by atoms with Crippen LogP contribution >= 0.6 is 0 Å². The largest absolute Gasteiger partial charge is 0.508 e. The highest BCUT2D eigenvalue weighted by Gasteiger charge is 2.07. The van der Waals surface area contributed by atoms with E-state index in [-0.39, 0.29) is 11.3 Å². The standard InChI is InChI=1S/C10H10O3/c1-2-3-7-6-8(11)4-5-9(7)10(12)13/h2-6,11H,1H3,(H,12,13). The van der Waals surface area contributed by atoms with Crippen LogP contribution in [0.1, 0.15) is 22.8 Å². The molecule has 0 saturated heterocycles. The fourth-order valence-electron chi connectivity index (χ4n) is 1.06. The van der Waals surface area contributed by atoms with Crippen molar-refractivity contribution in [3.63, 3.8) is 0 Å². The van der Waals surface area contributed by atoms with E-state index in [0.717, 1.165) is 0 Å². The molecule has 0 heterocycles. The van der Waals surface area contributed by atoms with Gasteiger partial charge in [-0.3, -0.25) is 0 Å². The number of carboxylic acid groups (broad SMARTS) is 1. The molecule has 0 aliphatic heterocycles. The van der Waals surface area contributed by atoms with Gasteiger partial charge in [0.25, 0.3) is 0 Å². The van der Waals surface area contributed by atoms with Crippen molar-refractivity contribution < 1.29 is 15.0 Å². The summed E-state index contributed by atoms with van der Waals surface area (Å²) in [7, 11) is 0. The maximum atomic E-state index is 10.7. The summed E-state index contributed by atoms with van der Waals surface area (Å²) >= 11 is 0. The van der Waals surface area contributed by atoms with Crippen LogP contribution in [0.3, 0.4) is 0 Å². The number of aromatic carboxylic acids is 1. The molecule has 2 N–H and O–H groups in total. The van der Waals surface area contributed by atoms with Crippen LogP contribution in [0.5, 0.6) is 5.75 Å². The topological polar surface area (TPSA) is 57.5 Å². The summed E-state index contributed by atoms with van der Waals surface area (Å²) in [5.41, 5.74) is 0.700. The molecule has 68 valence electrons. The van der Waals surface area contributed by atoms with Gasteiger partial charge in [0.15, 0.2) is 0 Å². The molecule has 0 unspecified atom stereocenters. The molecule has 3 nitrogen and oxygen atoms in total. The van der Waals surface area contributed by atoms with E-state index >= 15 is 0 Å². The van der Waals surface area contributed by atoms with Crippen molar-refractivity contribution in [1.82, 2.24) is 0 Å². The summed E-state index contributed by atoms with van der Waals surface area (Å²) in [6.45, 7) is 1.79. The normalized spacial score (nSPS) is 10.5. The van der Waals surface area contributed by atoms with Gasteiger partial charge < -0.3 is 10.2 Å². The lowest BCUT2D eigenvalue weighted by Crippen LogP contribution is -1.98. The molecule has 13 heavy (non-hydrogen) atoms. The Kier molecular flexibility index (Phi) is 2.69. The molecule has 1 aromatic carbocycles. The Hall–Kier alpha value is -1.77. The number of phenols is 1. The Morgan fingerprint density at radius 3 is 2.69 bits per heavy atom. The second-order valence-corrected chi connectivity index (χ2v) is 2.58. The first kappa shape index (κ1) is 9.32. The second kappa shape index (κ2) is 3.76. The van der Waals surface area contributed by atoms with Gasteiger partial charge in [0.1, 0.15) is 5.75 Å². The molecule has 0 atom stereocenters. The number of rotatable bonds is 2. The molecule has 0 aliphatic carbocycles. The average Bonchev–Trinajstić information content (AvgIpc) is 2.04. The Morgan fingerprint density at radius 1 is 1.46 bits per heavy atom. The SMILES string of the molecule is CC=Cc1cc(O)ccc1C(=O)O. The predicted octanol–water partition coefficient (Wildman–Crippen LogP) is 2.12. The molecule has 0 saturated carbocycles. The molecule has 0 amide bonds. The van der Waals surface area contributed by atoms with Gasteiger partial charge in [-0.1, -0.05) is 12.2 Å². The smallest absolute Gasteiger partial charge is 0.336 e. The third kappa shape index (κ3) is 2.08. The summed E-state index contributed by atoms with van der Waals surface area (Å²) in [4.78, 5) is 10.7. The lowest BCUT2D eigenvalue weighted by Gasteiger charge is -2.00. The fraction of sp³-hybridized carbons (Fsp3) is 0.100. The molecular formula is C10H10O3. The van der Waals surface area contributed by atoms with Crippen LogP contribution in [0.25, 0.3) is 6.08 Å². The zero-order valence-electron chi connectivity index (χ0n) is 7.19. The number of benzene rings is 1. The maximum absolute atomic E-state index is 10.7. The summed E-state index contributed by atoms with van der Waals surface area (Å²) in [5, 5.41) is 17.9. The molecule has 0 fully saturated rings. The van der Waals surface area contributed by atoms with Crippen molar-refractivity contribution in [2.75, 3.05) is 0 Å². The molecular weight excluding hydrogens is 168 g/mol. The lowest BCUT2D eigenvalue weighted by atomic mass is 10.1. The van der Waals surface area contributed by atoms with Crippen LogP contribution in [-0.4, -0.2) is 16.2 Å². The number of carbonyl (C=O) groups is 1. The lowest BCUT2D eigenvalue weighted by molar-refractivity contribution is 0.0696. The van der Waals surface area contributed by atoms with Gasteiger partial charge in [0, 0.05) is 0 Å². The van der Waals surface area contributed by atoms with Crippen LogP contribution in [0.4, 0.5) is 0 Å². The molecule has 0 spiro atoms. The fourth-order valence-corrected chi connectivity index (χ4v) is 1.06. The van der Waals surface area contributed by atoms with Gasteiger partial charge in [-0.2, -0.15) is 0 Å². The van der Waals surface area contributed by atoms with E-state index in [1.807, 2.05) is 0 Å². The number of aromatic hydroxyl groups is 1. The van der Waals surface area contributed by atoms with Crippen LogP contribution in [0.15, 0.2) is 24.3 Å². The molecule has 3 heteroatoms. The van der Waals surface area contributed by atoms with E-state index in [0.29, 0.717) is 5.56 Å². The zero-order valence-corrected chi connectivity index (χ0v) is 7.19. The van der Waals surface area contributed by atoms with Gasteiger partial charge in [-0.25, -0.2) is 4.79 Å².